The molecule has 29 heavy (non-hydrogen) atoms. The van der Waals surface area contributed by atoms with E-state index in [1.807, 2.05) is 59.2 Å². The van der Waals surface area contributed by atoms with Crippen molar-refractivity contribution < 1.29 is 13.9 Å². The van der Waals surface area contributed by atoms with Gasteiger partial charge in [-0.15, -0.1) is 0 Å². The Kier molecular flexibility index (Phi) is 5.07. The number of rotatable bonds is 5. The number of amides is 1. The second-order valence-electron chi connectivity index (χ2n) is 6.33. The van der Waals surface area contributed by atoms with Crippen LogP contribution in [0.4, 0.5) is 10.3 Å². The lowest BCUT2D eigenvalue weighted by atomic mass is 10.1. The van der Waals surface area contributed by atoms with Gasteiger partial charge in [0.1, 0.15) is 11.6 Å². The lowest BCUT2D eigenvalue weighted by Crippen LogP contribution is -2.15. The number of imidazole rings is 1. The van der Waals surface area contributed by atoms with Crippen LogP contribution in [0, 0.1) is 5.82 Å². The summed E-state index contributed by atoms with van der Waals surface area (Å²) in [6.45, 7) is 0. The highest BCUT2D eigenvalue weighted by atomic mass is 19.1. The quantitative estimate of drug-likeness (QED) is 0.528. The summed E-state index contributed by atoms with van der Waals surface area (Å²) in [4.78, 5) is 17.1. The zero-order valence-corrected chi connectivity index (χ0v) is 15.7. The highest BCUT2D eigenvalue weighted by molar-refractivity contribution is 6.03. The SMILES string of the molecule is COc1ccc(-c2cnc(NC(=O)c3ccc(F)cc3)n2-c2ccccc2)cc1. The summed E-state index contributed by atoms with van der Waals surface area (Å²) in [5.41, 5.74) is 2.93. The largest absolute Gasteiger partial charge is 0.497 e. The van der Waals surface area contributed by atoms with Crippen molar-refractivity contribution in [3.05, 3.63) is 96.4 Å². The van der Waals surface area contributed by atoms with Crippen molar-refractivity contribution in [1.82, 2.24) is 9.55 Å². The maximum absolute atomic E-state index is 13.2. The summed E-state index contributed by atoms with van der Waals surface area (Å²) in [5.74, 6) is 0.365. The van der Waals surface area contributed by atoms with Crippen LogP contribution in [-0.4, -0.2) is 22.6 Å². The molecule has 1 N–H and O–H groups in total. The molecule has 1 heterocycles. The molecule has 6 heteroatoms. The Hall–Kier alpha value is -3.93. The topological polar surface area (TPSA) is 56.1 Å². The van der Waals surface area contributed by atoms with E-state index in [1.54, 1.807) is 13.3 Å². The van der Waals surface area contributed by atoms with E-state index in [2.05, 4.69) is 10.3 Å². The van der Waals surface area contributed by atoms with Crippen LogP contribution in [0.1, 0.15) is 10.4 Å². The maximum atomic E-state index is 13.2. The van der Waals surface area contributed by atoms with Crippen molar-refractivity contribution in [1.29, 1.82) is 0 Å². The van der Waals surface area contributed by atoms with Crippen molar-refractivity contribution in [2.24, 2.45) is 0 Å². The number of carbonyl (C=O) groups is 1. The Bertz CT molecular complexity index is 1120. The van der Waals surface area contributed by atoms with E-state index in [-0.39, 0.29) is 5.91 Å². The van der Waals surface area contributed by atoms with Crippen molar-refractivity contribution in [2.45, 2.75) is 0 Å². The third-order valence-corrected chi connectivity index (χ3v) is 4.49. The number of anilines is 1. The predicted molar refractivity (Wildman–Crippen MR) is 110 cm³/mol. The fourth-order valence-corrected chi connectivity index (χ4v) is 3.02. The van der Waals surface area contributed by atoms with Gasteiger partial charge in [0.2, 0.25) is 5.95 Å². The Morgan fingerprint density at radius 3 is 2.31 bits per heavy atom. The van der Waals surface area contributed by atoms with Gasteiger partial charge in [0.25, 0.3) is 5.91 Å². The van der Waals surface area contributed by atoms with E-state index in [0.29, 0.717) is 11.5 Å². The summed E-state index contributed by atoms with van der Waals surface area (Å²) >= 11 is 0. The van der Waals surface area contributed by atoms with Gasteiger partial charge < -0.3 is 4.74 Å². The molecule has 4 aromatic rings. The maximum Gasteiger partial charge on any atom is 0.257 e. The van der Waals surface area contributed by atoms with Crippen LogP contribution in [0.3, 0.4) is 0 Å². The molecule has 0 aliphatic rings. The third-order valence-electron chi connectivity index (χ3n) is 4.49. The average Bonchev–Trinajstić information content (AvgIpc) is 3.18. The van der Waals surface area contributed by atoms with Gasteiger partial charge in [-0.2, -0.15) is 0 Å². The minimum atomic E-state index is -0.394. The number of nitrogens with one attached hydrogen (secondary N) is 1. The Morgan fingerprint density at radius 2 is 1.66 bits per heavy atom. The lowest BCUT2D eigenvalue weighted by Gasteiger charge is -2.13. The highest BCUT2D eigenvalue weighted by Crippen LogP contribution is 2.29. The number of hydrogen-bond donors (Lipinski definition) is 1. The normalized spacial score (nSPS) is 10.6. The molecule has 0 aliphatic heterocycles. The molecule has 0 saturated heterocycles. The number of halogens is 1. The average molecular weight is 387 g/mol. The molecule has 4 rings (SSSR count). The first-order valence-corrected chi connectivity index (χ1v) is 9.00. The number of aromatic nitrogens is 2. The number of methoxy groups -OCH3 is 1. The van der Waals surface area contributed by atoms with Crippen LogP contribution in [0.25, 0.3) is 16.9 Å². The van der Waals surface area contributed by atoms with E-state index >= 15 is 0 Å². The molecule has 0 saturated carbocycles. The van der Waals surface area contributed by atoms with Crippen molar-refractivity contribution >= 4 is 11.9 Å². The minimum Gasteiger partial charge on any atom is -0.497 e. The number of para-hydroxylation sites is 1. The number of ether oxygens (including phenoxy) is 1. The Morgan fingerprint density at radius 1 is 0.966 bits per heavy atom. The minimum absolute atomic E-state index is 0.347. The lowest BCUT2D eigenvalue weighted by molar-refractivity contribution is 0.102. The smallest absolute Gasteiger partial charge is 0.257 e. The van der Waals surface area contributed by atoms with E-state index < -0.39 is 5.82 Å². The number of carbonyl (C=O) groups excluding carboxylic acids is 1. The summed E-state index contributed by atoms with van der Waals surface area (Å²) in [6.07, 6.45) is 1.70. The molecule has 144 valence electrons. The summed E-state index contributed by atoms with van der Waals surface area (Å²) < 4.78 is 20.2. The molecule has 5 nitrogen and oxygen atoms in total. The summed E-state index contributed by atoms with van der Waals surface area (Å²) in [5, 5.41) is 2.82. The van der Waals surface area contributed by atoms with Crippen LogP contribution in [0.5, 0.6) is 5.75 Å². The second kappa shape index (κ2) is 7.98. The van der Waals surface area contributed by atoms with Crippen LogP contribution in [-0.2, 0) is 0 Å². The standard InChI is InChI=1S/C23H18FN3O2/c1-29-20-13-9-16(10-14-20)21-15-25-23(27(21)19-5-3-2-4-6-19)26-22(28)17-7-11-18(24)12-8-17/h2-15H,1H3,(H,25,26,28). The van der Waals surface area contributed by atoms with Crippen LogP contribution in [0.2, 0.25) is 0 Å². The molecule has 0 atom stereocenters. The van der Waals surface area contributed by atoms with E-state index in [1.165, 1.54) is 24.3 Å². The van der Waals surface area contributed by atoms with Gasteiger partial charge in [-0.05, 0) is 60.7 Å². The monoisotopic (exact) mass is 387 g/mol. The van der Waals surface area contributed by atoms with Gasteiger partial charge in [-0.1, -0.05) is 18.2 Å². The molecule has 0 fully saturated rings. The number of hydrogen-bond acceptors (Lipinski definition) is 3. The van der Waals surface area contributed by atoms with E-state index in [4.69, 9.17) is 4.74 Å². The van der Waals surface area contributed by atoms with Crippen LogP contribution < -0.4 is 10.1 Å². The molecule has 3 aromatic carbocycles. The van der Waals surface area contributed by atoms with Crippen molar-refractivity contribution in [2.75, 3.05) is 12.4 Å². The number of nitrogens with zero attached hydrogens (tertiary/aromatic N) is 2. The molecular weight excluding hydrogens is 369 g/mol. The van der Waals surface area contributed by atoms with Gasteiger partial charge in [0.05, 0.1) is 19.0 Å². The predicted octanol–water partition coefficient (Wildman–Crippen LogP) is 4.94. The van der Waals surface area contributed by atoms with Crippen LogP contribution in [0.15, 0.2) is 85.1 Å². The Labute approximate surface area is 167 Å². The molecule has 0 unspecified atom stereocenters. The fraction of sp³-hybridized carbons (Fsp3) is 0.0435. The highest BCUT2D eigenvalue weighted by Gasteiger charge is 2.16. The van der Waals surface area contributed by atoms with Gasteiger partial charge in [-0.3, -0.25) is 14.7 Å². The Balaban J connectivity index is 1.75. The molecular formula is C23H18FN3O2. The second-order valence-corrected chi connectivity index (χ2v) is 6.33. The zero-order chi connectivity index (χ0) is 20.2. The first-order valence-electron chi connectivity index (χ1n) is 9.00. The molecule has 1 amide bonds. The van der Waals surface area contributed by atoms with Gasteiger partial charge >= 0.3 is 0 Å². The fourth-order valence-electron chi connectivity index (χ4n) is 3.02. The molecule has 1 aromatic heterocycles. The van der Waals surface area contributed by atoms with E-state index in [0.717, 1.165) is 22.7 Å². The van der Waals surface area contributed by atoms with E-state index in [9.17, 15) is 9.18 Å². The zero-order valence-electron chi connectivity index (χ0n) is 15.7. The summed E-state index contributed by atoms with van der Waals surface area (Å²) in [7, 11) is 1.62. The molecule has 0 bridgehead atoms. The van der Waals surface area contributed by atoms with Gasteiger partial charge in [-0.25, -0.2) is 9.37 Å². The van der Waals surface area contributed by atoms with Crippen molar-refractivity contribution in [3.8, 4) is 22.7 Å². The molecule has 0 aliphatic carbocycles. The third kappa shape index (κ3) is 3.87. The first kappa shape index (κ1) is 18.4. The van der Waals surface area contributed by atoms with Gasteiger partial charge in [0.15, 0.2) is 0 Å². The molecule has 0 radical (unpaired) electrons. The molecule has 0 spiro atoms. The van der Waals surface area contributed by atoms with Crippen molar-refractivity contribution in [3.63, 3.8) is 0 Å². The van der Waals surface area contributed by atoms with Crippen LogP contribution >= 0.6 is 0 Å². The van der Waals surface area contributed by atoms with Gasteiger partial charge in [0, 0.05) is 16.8 Å². The summed E-state index contributed by atoms with van der Waals surface area (Å²) in [6, 6.07) is 22.6. The number of benzene rings is 3. The first-order chi connectivity index (χ1) is 14.2.